The standard InChI is InChI=1S/C10H8FNS.C7H9NO/c1-7-6-13-10(12-7)8-4-2-3-5-9(8)11;1-6-3-4-8(2)7(9)5-6/h2-6H,1H3;3-5H,1-2H3. The number of nitrogens with zero attached hydrogens (tertiary/aromatic N) is 2. The molecule has 3 nitrogen and oxygen atoms in total. The maximum atomic E-state index is 13.3. The van der Waals surface area contributed by atoms with Gasteiger partial charge in [0.2, 0.25) is 0 Å². The fraction of sp³-hybridized carbons (Fsp3) is 0.176. The summed E-state index contributed by atoms with van der Waals surface area (Å²) in [6.45, 7) is 3.81. The molecule has 22 heavy (non-hydrogen) atoms. The smallest absolute Gasteiger partial charge is 0.250 e. The number of pyridine rings is 1. The van der Waals surface area contributed by atoms with Crippen molar-refractivity contribution in [3.63, 3.8) is 0 Å². The number of halogens is 1. The van der Waals surface area contributed by atoms with Gasteiger partial charge in [0.05, 0.1) is 0 Å². The summed E-state index contributed by atoms with van der Waals surface area (Å²) in [5, 5.41) is 2.66. The molecule has 0 spiro atoms. The largest absolute Gasteiger partial charge is 0.319 e. The van der Waals surface area contributed by atoms with Crippen molar-refractivity contribution in [1.82, 2.24) is 9.55 Å². The monoisotopic (exact) mass is 316 g/mol. The lowest BCUT2D eigenvalue weighted by Crippen LogP contribution is -2.13. The highest BCUT2D eigenvalue weighted by atomic mass is 32.1. The van der Waals surface area contributed by atoms with Gasteiger partial charge >= 0.3 is 0 Å². The van der Waals surface area contributed by atoms with E-state index in [1.807, 2.05) is 31.4 Å². The average Bonchev–Trinajstić information content (AvgIpc) is 2.91. The van der Waals surface area contributed by atoms with Crippen molar-refractivity contribution < 1.29 is 4.39 Å². The van der Waals surface area contributed by atoms with Crippen LogP contribution in [-0.2, 0) is 7.05 Å². The number of rotatable bonds is 1. The van der Waals surface area contributed by atoms with Crippen molar-refractivity contribution in [1.29, 1.82) is 0 Å². The van der Waals surface area contributed by atoms with Crippen molar-refractivity contribution in [2.75, 3.05) is 0 Å². The zero-order chi connectivity index (χ0) is 16.1. The predicted molar refractivity (Wildman–Crippen MR) is 88.7 cm³/mol. The Bertz CT molecular complexity index is 823. The van der Waals surface area contributed by atoms with E-state index in [0.717, 1.165) is 16.3 Å². The van der Waals surface area contributed by atoms with E-state index in [9.17, 15) is 9.18 Å². The van der Waals surface area contributed by atoms with Gasteiger partial charge in [0.1, 0.15) is 10.8 Å². The molecule has 2 aromatic heterocycles. The van der Waals surface area contributed by atoms with E-state index in [0.29, 0.717) is 5.56 Å². The molecule has 0 aliphatic carbocycles. The number of aromatic nitrogens is 2. The highest BCUT2D eigenvalue weighted by Crippen LogP contribution is 2.25. The summed E-state index contributed by atoms with van der Waals surface area (Å²) >= 11 is 1.47. The van der Waals surface area contributed by atoms with E-state index >= 15 is 0 Å². The Labute approximate surface area is 132 Å². The number of aryl methyl sites for hydroxylation is 3. The normalized spacial score (nSPS) is 10.0. The molecular weight excluding hydrogens is 299 g/mol. The lowest BCUT2D eigenvalue weighted by Gasteiger charge is -1.96. The summed E-state index contributed by atoms with van der Waals surface area (Å²) in [4.78, 5) is 15.0. The van der Waals surface area contributed by atoms with E-state index in [-0.39, 0.29) is 11.4 Å². The molecule has 3 aromatic rings. The van der Waals surface area contributed by atoms with E-state index in [2.05, 4.69) is 4.98 Å². The number of hydrogen-bond acceptors (Lipinski definition) is 3. The topological polar surface area (TPSA) is 34.9 Å². The molecule has 0 aliphatic heterocycles. The minimum absolute atomic E-state index is 0.0509. The second-order valence-corrected chi connectivity index (χ2v) is 5.79. The molecule has 0 bridgehead atoms. The fourth-order valence-electron chi connectivity index (χ4n) is 1.76. The first-order chi connectivity index (χ1) is 10.5. The lowest BCUT2D eigenvalue weighted by atomic mass is 10.2. The van der Waals surface area contributed by atoms with Gasteiger partial charge in [-0.3, -0.25) is 4.79 Å². The van der Waals surface area contributed by atoms with Crippen molar-refractivity contribution in [2.24, 2.45) is 7.05 Å². The maximum absolute atomic E-state index is 13.3. The minimum atomic E-state index is -0.211. The van der Waals surface area contributed by atoms with Crippen LogP contribution in [0, 0.1) is 19.7 Å². The van der Waals surface area contributed by atoms with E-state index in [4.69, 9.17) is 0 Å². The van der Waals surface area contributed by atoms with Crippen LogP contribution in [0.3, 0.4) is 0 Å². The number of benzene rings is 1. The summed E-state index contributed by atoms with van der Waals surface area (Å²) in [5.74, 6) is -0.211. The summed E-state index contributed by atoms with van der Waals surface area (Å²) in [7, 11) is 1.74. The second kappa shape index (κ2) is 7.13. The van der Waals surface area contributed by atoms with Gasteiger partial charge in [0, 0.05) is 35.9 Å². The third kappa shape index (κ3) is 4.11. The van der Waals surface area contributed by atoms with Gasteiger partial charge in [-0.1, -0.05) is 12.1 Å². The molecule has 114 valence electrons. The van der Waals surface area contributed by atoms with E-state index < -0.39 is 0 Å². The molecular formula is C17H17FN2OS. The number of hydrogen-bond donors (Lipinski definition) is 0. The van der Waals surface area contributed by atoms with Gasteiger partial charge in [-0.15, -0.1) is 11.3 Å². The van der Waals surface area contributed by atoms with Crippen molar-refractivity contribution in [3.8, 4) is 10.6 Å². The van der Waals surface area contributed by atoms with Crippen molar-refractivity contribution in [2.45, 2.75) is 13.8 Å². The lowest BCUT2D eigenvalue weighted by molar-refractivity contribution is 0.631. The molecule has 5 heteroatoms. The molecule has 1 aromatic carbocycles. The van der Waals surface area contributed by atoms with Gasteiger partial charge in [-0.25, -0.2) is 9.37 Å². The van der Waals surface area contributed by atoms with Crippen LogP contribution in [0.2, 0.25) is 0 Å². The predicted octanol–water partition coefficient (Wildman–Crippen LogP) is 3.95. The summed E-state index contributed by atoms with van der Waals surface area (Å²) < 4.78 is 14.8. The maximum Gasteiger partial charge on any atom is 0.250 e. The first kappa shape index (κ1) is 16.1. The zero-order valence-corrected chi connectivity index (χ0v) is 13.5. The molecule has 0 aliphatic rings. The number of thiazole rings is 1. The Hall–Kier alpha value is -2.27. The van der Waals surface area contributed by atoms with E-state index in [1.165, 1.54) is 17.4 Å². The van der Waals surface area contributed by atoms with Gasteiger partial charge in [-0.2, -0.15) is 0 Å². The molecule has 0 saturated heterocycles. The van der Waals surface area contributed by atoms with Crippen LogP contribution in [0.15, 0.2) is 52.8 Å². The van der Waals surface area contributed by atoms with Crippen LogP contribution in [0.4, 0.5) is 4.39 Å². The third-order valence-corrected chi connectivity index (χ3v) is 3.98. The van der Waals surface area contributed by atoms with Gasteiger partial charge < -0.3 is 4.57 Å². The third-order valence-electron chi connectivity index (χ3n) is 2.98. The second-order valence-electron chi connectivity index (χ2n) is 4.93. The highest BCUT2D eigenvalue weighted by molar-refractivity contribution is 7.13. The molecule has 0 atom stereocenters. The van der Waals surface area contributed by atoms with Crippen LogP contribution in [0.5, 0.6) is 0 Å². The van der Waals surface area contributed by atoms with Crippen LogP contribution in [-0.4, -0.2) is 9.55 Å². The zero-order valence-electron chi connectivity index (χ0n) is 12.7. The Morgan fingerprint density at radius 2 is 1.91 bits per heavy atom. The Kier molecular flexibility index (Phi) is 5.22. The Morgan fingerprint density at radius 1 is 1.18 bits per heavy atom. The Morgan fingerprint density at radius 3 is 2.45 bits per heavy atom. The molecule has 3 rings (SSSR count). The van der Waals surface area contributed by atoms with Gasteiger partial charge in [-0.05, 0) is 37.6 Å². The van der Waals surface area contributed by atoms with Crippen LogP contribution >= 0.6 is 11.3 Å². The minimum Gasteiger partial charge on any atom is -0.319 e. The fourth-order valence-corrected chi connectivity index (χ4v) is 2.58. The summed E-state index contributed by atoms with van der Waals surface area (Å²) in [6, 6.07) is 10.2. The molecule has 0 unspecified atom stereocenters. The van der Waals surface area contributed by atoms with Crippen molar-refractivity contribution in [3.05, 3.63) is 75.4 Å². The molecule has 0 fully saturated rings. The quantitative estimate of drug-likeness (QED) is 0.681. The SMILES string of the molecule is Cc1ccn(C)c(=O)c1.Cc1csc(-c2ccccc2F)n1. The summed E-state index contributed by atoms with van der Waals surface area (Å²) in [6.07, 6.45) is 1.76. The van der Waals surface area contributed by atoms with Crippen LogP contribution in [0.25, 0.3) is 10.6 Å². The highest BCUT2D eigenvalue weighted by Gasteiger charge is 2.06. The molecule has 0 N–H and O–H groups in total. The van der Waals surface area contributed by atoms with Crippen LogP contribution < -0.4 is 5.56 Å². The van der Waals surface area contributed by atoms with E-state index in [1.54, 1.807) is 36.0 Å². The van der Waals surface area contributed by atoms with Gasteiger partial charge in [0.25, 0.3) is 5.56 Å². The van der Waals surface area contributed by atoms with Crippen molar-refractivity contribution >= 4 is 11.3 Å². The summed E-state index contributed by atoms with van der Waals surface area (Å²) in [5.41, 5.74) is 2.58. The molecule has 0 radical (unpaired) electrons. The van der Waals surface area contributed by atoms with Crippen LogP contribution in [0.1, 0.15) is 11.3 Å². The Balaban J connectivity index is 0.000000172. The molecule has 2 heterocycles. The molecule has 0 saturated carbocycles. The first-order valence-electron chi connectivity index (χ1n) is 6.77. The average molecular weight is 316 g/mol. The first-order valence-corrected chi connectivity index (χ1v) is 7.65. The molecule has 0 amide bonds. The van der Waals surface area contributed by atoms with Gasteiger partial charge in [0.15, 0.2) is 0 Å².